The van der Waals surface area contributed by atoms with Crippen LogP contribution in [0.15, 0.2) is 60.7 Å². The SMILES string of the molecule is CCOC(=O)c1cc(-c2ccccc2)sc1NC(=O)C(CC)N1C(=O)c2ccccc2C1=O. The van der Waals surface area contributed by atoms with Crippen molar-refractivity contribution >= 4 is 40.0 Å². The van der Waals surface area contributed by atoms with E-state index in [1.165, 1.54) is 11.3 Å². The van der Waals surface area contributed by atoms with Crippen LogP contribution in [0.3, 0.4) is 0 Å². The Morgan fingerprint density at radius 3 is 2.15 bits per heavy atom. The van der Waals surface area contributed by atoms with E-state index in [9.17, 15) is 19.2 Å². The highest BCUT2D eigenvalue weighted by atomic mass is 32.1. The Bertz CT molecular complexity index is 1200. The first-order chi connectivity index (χ1) is 16.0. The van der Waals surface area contributed by atoms with Gasteiger partial charge in [0.05, 0.1) is 23.3 Å². The number of carbonyl (C=O) groups is 4. The molecular formula is C25H22N2O5S. The molecule has 1 aromatic heterocycles. The van der Waals surface area contributed by atoms with Gasteiger partial charge >= 0.3 is 5.97 Å². The van der Waals surface area contributed by atoms with Gasteiger partial charge in [-0.15, -0.1) is 11.3 Å². The quantitative estimate of drug-likeness (QED) is 0.409. The van der Waals surface area contributed by atoms with Crippen molar-refractivity contribution in [2.75, 3.05) is 11.9 Å². The first-order valence-electron chi connectivity index (χ1n) is 10.6. The summed E-state index contributed by atoms with van der Waals surface area (Å²) in [6, 6.07) is 16.6. The fourth-order valence-electron chi connectivity index (χ4n) is 3.76. The number of nitrogens with zero attached hydrogens (tertiary/aromatic N) is 1. The van der Waals surface area contributed by atoms with E-state index in [2.05, 4.69) is 5.32 Å². The number of hydrogen-bond acceptors (Lipinski definition) is 6. The second kappa shape index (κ2) is 9.38. The topological polar surface area (TPSA) is 92.8 Å². The van der Waals surface area contributed by atoms with Gasteiger partial charge in [0.1, 0.15) is 11.0 Å². The molecule has 3 amide bonds. The summed E-state index contributed by atoms with van der Waals surface area (Å²) in [6.45, 7) is 3.62. The minimum absolute atomic E-state index is 0.190. The highest BCUT2D eigenvalue weighted by Crippen LogP contribution is 2.36. The summed E-state index contributed by atoms with van der Waals surface area (Å²) in [4.78, 5) is 53.3. The highest BCUT2D eigenvalue weighted by molar-refractivity contribution is 7.20. The van der Waals surface area contributed by atoms with Crippen LogP contribution in [0.25, 0.3) is 10.4 Å². The van der Waals surface area contributed by atoms with Crippen molar-refractivity contribution in [2.45, 2.75) is 26.3 Å². The molecule has 2 aromatic carbocycles. The van der Waals surface area contributed by atoms with Gasteiger partial charge in [0.15, 0.2) is 0 Å². The highest BCUT2D eigenvalue weighted by Gasteiger charge is 2.42. The van der Waals surface area contributed by atoms with Gasteiger partial charge < -0.3 is 10.1 Å². The molecule has 0 spiro atoms. The molecule has 3 aromatic rings. The summed E-state index contributed by atoms with van der Waals surface area (Å²) in [7, 11) is 0. The van der Waals surface area contributed by atoms with E-state index in [4.69, 9.17) is 4.74 Å². The summed E-state index contributed by atoms with van der Waals surface area (Å²) in [6.07, 6.45) is 0.225. The maximum atomic E-state index is 13.2. The Balaban J connectivity index is 1.64. The van der Waals surface area contributed by atoms with Crippen molar-refractivity contribution in [3.8, 4) is 10.4 Å². The van der Waals surface area contributed by atoms with Crippen molar-refractivity contribution < 1.29 is 23.9 Å². The molecule has 168 valence electrons. The van der Waals surface area contributed by atoms with Gasteiger partial charge in [-0.05, 0) is 37.1 Å². The van der Waals surface area contributed by atoms with E-state index in [0.717, 1.165) is 15.3 Å². The van der Waals surface area contributed by atoms with Gasteiger partial charge in [0.2, 0.25) is 5.91 Å². The Labute approximate surface area is 195 Å². The lowest BCUT2D eigenvalue weighted by atomic mass is 10.1. The number of thiophene rings is 1. The van der Waals surface area contributed by atoms with Gasteiger partial charge in [-0.1, -0.05) is 49.4 Å². The van der Waals surface area contributed by atoms with Gasteiger partial charge in [-0.25, -0.2) is 4.79 Å². The van der Waals surface area contributed by atoms with Gasteiger partial charge in [-0.2, -0.15) is 0 Å². The van der Waals surface area contributed by atoms with Crippen molar-refractivity contribution in [3.05, 3.63) is 77.4 Å². The van der Waals surface area contributed by atoms with Crippen molar-refractivity contribution in [1.82, 2.24) is 4.90 Å². The Hall–Kier alpha value is -3.78. The maximum Gasteiger partial charge on any atom is 0.341 e. The fraction of sp³-hybridized carbons (Fsp3) is 0.200. The second-order valence-electron chi connectivity index (χ2n) is 7.38. The third-order valence-electron chi connectivity index (χ3n) is 5.35. The van der Waals surface area contributed by atoms with E-state index in [0.29, 0.717) is 5.00 Å². The van der Waals surface area contributed by atoms with Crippen LogP contribution in [-0.2, 0) is 9.53 Å². The molecule has 1 N–H and O–H groups in total. The van der Waals surface area contributed by atoms with E-state index < -0.39 is 29.7 Å². The number of rotatable bonds is 7. The minimum Gasteiger partial charge on any atom is -0.462 e. The maximum absolute atomic E-state index is 13.2. The molecule has 1 aliphatic heterocycles. The van der Waals surface area contributed by atoms with Crippen molar-refractivity contribution in [3.63, 3.8) is 0 Å². The number of carbonyl (C=O) groups excluding carboxylic acids is 4. The van der Waals surface area contributed by atoms with Crippen LogP contribution in [0.2, 0.25) is 0 Å². The molecule has 0 bridgehead atoms. The molecule has 0 radical (unpaired) electrons. The zero-order valence-corrected chi connectivity index (χ0v) is 19.0. The molecule has 33 heavy (non-hydrogen) atoms. The molecule has 0 fully saturated rings. The molecule has 1 atom stereocenters. The van der Waals surface area contributed by atoms with Gasteiger partial charge in [0, 0.05) is 4.88 Å². The average molecular weight is 463 g/mol. The minimum atomic E-state index is -1.02. The lowest BCUT2D eigenvalue weighted by molar-refractivity contribution is -0.120. The van der Waals surface area contributed by atoms with E-state index in [1.807, 2.05) is 30.3 Å². The molecule has 0 aliphatic carbocycles. The second-order valence-corrected chi connectivity index (χ2v) is 8.43. The Morgan fingerprint density at radius 2 is 1.58 bits per heavy atom. The van der Waals surface area contributed by atoms with Crippen LogP contribution >= 0.6 is 11.3 Å². The molecule has 1 aliphatic rings. The molecule has 1 unspecified atom stereocenters. The van der Waals surface area contributed by atoms with Gasteiger partial charge in [-0.3, -0.25) is 19.3 Å². The van der Waals surface area contributed by atoms with Crippen LogP contribution in [0.5, 0.6) is 0 Å². The third kappa shape index (κ3) is 4.17. The molecular weight excluding hydrogens is 440 g/mol. The molecule has 0 saturated heterocycles. The van der Waals surface area contributed by atoms with Crippen LogP contribution < -0.4 is 5.32 Å². The molecule has 0 saturated carbocycles. The van der Waals surface area contributed by atoms with Crippen LogP contribution in [0.1, 0.15) is 51.3 Å². The standard InChI is InChI=1S/C25H22N2O5S/c1-3-19(27-23(29)16-12-8-9-13-17(16)24(27)30)21(28)26-22-18(25(31)32-4-2)14-20(33-22)15-10-6-5-7-11-15/h5-14,19H,3-4H2,1-2H3,(H,26,28). The molecule has 4 rings (SSSR count). The van der Waals surface area contributed by atoms with Crippen LogP contribution in [0, 0.1) is 0 Å². The largest absolute Gasteiger partial charge is 0.462 e. The number of imide groups is 1. The monoisotopic (exact) mass is 462 g/mol. The van der Waals surface area contributed by atoms with Crippen molar-refractivity contribution in [1.29, 1.82) is 0 Å². The summed E-state index contributed by atoms with van der Waals surface area (Å²) in [5, 5.41) is 3.08. The number of anilines is 1. The number of ether oxygens (including phenoxy) is 1. The van der Waals surface area contributed by atoms with Crippen molar-refractivity contribution in [2.24, 2.45) is 0 Å². The number of hydrogen-bond donors (Lipinski definition) is 1. The number of fused-ring (bicyclic) bond motifs is 1. The fourth-order valence-corrected chi connectivity index (χ4v) is 4.81. The predicted molar refractivity (Wildman–Crippen MR) is 125 cm³/mol. The van der Waals surface area contributed by atoms with Crippen LogP contribution in [0.4, 0.5) is 5.00 Å². The smallest absolute Gasteiger partial charge is 0.341 e. The van der Waals surface area contributed by atoms with Gasteiger partial charge in [0.25, 0.3) is 11.8 Å². The number of esters is 1. The van der Waals surface area contributed by atoms with E-state index in [-0.39, 0.29) is 29.7 Å². The number of benzene rings is 2. The predicted octanol–water partition coefficient (Wildman–Crippen LogP) is 4.61. The van der Waals surface area contributed by atoms with E-state index in [1.54, 1.807) is 44.2 Å². The van der Waals surface area contributed by atoms with Crippen LogP contribution in [-0.4, -0.2) is 41.2 Å². The average Bonchev–Trinajstić information content (AvgIpc) is 3.36. The summed E-state index contributed by atoms with van der Waals surface area (Å²) in [5.41, 5.74) is 1.68. The molecule has 2 heterocycles. The summed E-state index contributed by atoms with van der Waals surface area (Å²) < 4.78 is 5.16. The lowest BCUT2D eigenvalue weighted by Gasteiger charge is -2.24. The Morgan fingerprint density at radius 1 is 0.970 bits per heavy atom. The summed E-state index contributed by atoms with van der Waals surface area (Å²) >= 11 is 1.23. The van der Waals surface area contributed by atoms with E-state index >= 15 is 0 Å². The molecule has 8 heteroatoms. The number of nitrogens with one attached hydrogen (secondary N) is 1. The first-order valence-corrected chi connectivity index (χ1v) is 11.4. The Kier molecular flexibility index (Phi) is 6.37. The molecule has 7 nitrogen and oxygen atoms in total. The first kappa shape index (κ1) is 22.4. The normalized spacial score (nSPS) is 13.6. The zero-order chi connectivity index (χ0) is 23.5. The zero-order valence-electron chi connectivity index (χ0n) is 18.2. The third-order valence-corrected chi connectivity index (χ3v) is 6.45. The summed E-state index contributed by atoms with van der Waals surface area (Å²) in [5.74, 6) is -2.10. The number of amides is 3. The lowest BCUT2D eigenvalue weighted by Crippen LogP contribution is -2.46.